The highest BCUT2D eigenvalue weighted by Crippen LogP contribution is 2.45. The minimum Gasteiger partial charge on any atom is -0.479 e. The van der Waals surface area contributed by atoms with Gasteiger partial charge in [-0.2, -0.15) is 5.10 Å². The summed E-state index contributed by atoms with van der Waals surface area (Å²) in [6.45, 7) is 3.53. The molecule has 3 heterocycles. The van der Waals surface area contributed by atoms with Crippen LogP contribution in [0.3, 0.4) is 0 Å². The third kappa shape index (κ3) is 5.07. The van der Waals surface area contributed by atoms with E-state index in [0.717, 1.165) is 6.20 Å². The molecule has 1 amide bonds. The largest absolute Gasteiger partial charge is 0.479 e. The summed E-state index contributed by atoms with van der Waals surface area (Å²) in [6, 6.07) is 7.99. The second kappa shape index (κ2) is 11.6. The lowest BCUT2D eigenvalue weighted by molar-refractivity contribution is -0.271. The summed E-state index contributed by atoms with van der Waals surface area (Å²) in [5.74, 6) is -4.67. The molecule has 238 valence electrons. The Morgan fingerprint density at radius 3 is 2.13 bits per heavy atom. The number of fused-ring (bicyclic) bond motifs is 3. The van der Waals surface area contributed by atoms with Crippen LogP contribution in [0.2, 0.25) is 0 Å². The quantitative estimate of drug-likeness (QED) is 0.321. The molecule has 3 aliphatic rings. The molecule has 0 radical (unpaired) electrons. The number of carboxylic acid groups (broad SMARTS) is 1. The van der Waals surface area contributed by atoms with Crippen LogP contribution in [-0.4, -0.2) is 90.3 Å². The number of ether oxygens (including phenoxy) is 2. The number of hydrogen-bond donors (Lipinski definition) is 4. The van der Waals surface area contributed by atoms with E-state index < -0.39 is 83.4 Å². The molecule has 0 bridgehead atoms. The summed E-state index contributed by atoms with van der Waals surface area (Å²) in [6.07, 6.45) is -8.73. The highest BCUT2D eigenvalue weighted by Gasteiger charge is 2.49. The van der Waals surface area contributed by atoms with E-state index in [1.54, 1.807) is 38.1 Å². The molecule has 0 saturated carbocycles. The van der Waals surface area contributed by atoms with Crippen molar-refractivity contribution >= 4 is 11.9 Å². The van der Waals surface area contributed by atoms with Crippen molar-refractivity contribution in [1.82, 2.24) is 14.7 Å². The third-order valence-corrected chi connectivity index (χ3v) is 8.79. The van der Waals surface area contributed by atoms with E-state index in [9.17, 15) is 34.8 Å². The first-order chi connectivity index (χ1) is 21.4. The van der Waals surface area contributed by atoms with E-state index in [2.05, 4.69) is 5.10 Å². The molecule has 6 unspecified atom stereocenters. The second-order valence-corrected chi connectivity index (χ2v) is 11.7. The van der Waals surface area contributed by atoms with E-state index in [1.807, 2.05) is 0 Å². The minimum absolute atomic E-state index is 0.0317. The molecule has 6 rings (SSSR count). The Morgan fingerprint density at radius 2 is 1.58 bits per heavy atom. The van der Waals surface area contributed by atoms with Crippen molar-refractivity contribution in [2.75, 3.05) is 6.54 Å². The number of carbonyl (C=O) groups excluding carboxylic acids is 1. The van der Waals surface area contributed by atoms with E-state index in [4.69, 9.17) is 9.47 Å². The van der Waals surface area contributed by atoms with E-state index >= 15 is 8.78 Å². The Bertz CT molecular complexity index is 1680. The number of benzene rings is 2. The number of aliphatic carboxylic acids is 1. The summed E-state index contributed by atoms with van der Waals surface area (Å²) < 4.78 is 42.7. The topological polar surface area (TPSA) is 172 Å². The summed E-state index contributed by atoms with van der Waals surface area (Å²) in [5.41, 5.74) is 0.608. The zero-order chi connectivity index (χ0) is 32.3. The molecule has 6 atom stereocenters. The number of amides is 1. The van der Waals surface area contributed by atoms with Gasteiger partial charge in [0.2, 0.25) is 17.5 Å². The van der Waals surface area contributed by atoms with Gasteiger partial charge in [0.1, 0.15) is 29.9 Å². The van der Waals surface area contributed by atoms with Gasteiger partial charge in [0.05, 0.1) is 12.2 Å². The molecule has 14 heteroatoms. The predicted molar refractivity (Wildman–Crippen MR) is 151 cm³/mol. The number of hydrogen-bond acceptors (Lipinski definition) is 9. The van der Waals surface area contributed by atoms with Gasteiger partial charge in [-0.3, -0.25) is 14.3 Å². The maximum Gasteiger partial charge on any atom is 0.335 e. The number of aliphatic hydroxyl groups is 3. The molecule has 1 aromatic heterocycles. The number of nitrogens with zero attached hydrogens (tertiary/aromatic N) is 3. The van der Waals surface area contributed by atoms with E-state index in [-0.39, 0.29) is 25.1 Å². The van der Waals surface area contributed by atoms with Crippen LogP contribution >= 0.6 is 0 Å². The number of aromatic nitrogens is 2. The predicted octanol–water partition coefficient (Wildman–Crippen LogP) is 1.13. The fourth-order valence-corrected chi connectivity index (χ4v) is 6.56. The standard InChI is InChI=1S/C31H31F2N3O9/c1-13(2)35-12-20(22-16-5-3-7-18(32)14(16)9-10-15-17(22)6-4-8-19(15)33)36-23(29(35)41)27(21(37)11-34-36)44-31-26(40)24(38)25(39)28(45-31)30(42)43/h3-8,11,13,20,22,24-26,28,31,38-40H,9-10,12H2,1-2H3,(H,42,43). The van der Waals surface area contributed by atoms with Crippen molar-refractivity contribution < 1.29 is 48.3 Å². The van der Waals surface area contributed by atoms with Crippen molar-refractivity contribution in [3.05, 3.63) is 92.4 Å². The Kier molecular flexibility index (Phi) is 7.93. The van der Waals surface area contributed by atoms with Gasteiger partial charge in [0.15, 0.2) is 11.8 Å². The first-order valence-corrected chi connectivity index (χ1v) is 14.5. The van der Waals surface area contributed by atoms with Gasteiger partial charge in [-0.1, -0.05) is 24.3 Å². The zero-order valence-corrected chi connectivity index (χ0v) is 24.2. The lowest BCUT2D eigenvalue weighted by Crippen LogP contribution is -2.61. The van der Waals surface area contributed by atoms with Crippen molar-refractivity contribution in [3.63, 3.8) is 0 Å². The summed E-state index contributed by atoms with van der Waals surface area (Å²) in [5, 5.41) is 44.7. The SMILES string of the molecule is CC(C)N1CC(C2c3cccc(F)c3CCc3c(F)cccc32)n2ncc(=O)c(OC3OC(C(=O)O)C(O)C(O)C3O)c2C1=O. The molecule has 45 heavy (non-hydrogen) atoms. The summed E-state index contributed by atoms with van der Waals surface area (Å²) >= 11 is 0. The maximum absolute atomic E-state index is 15.3. The van der Waals surface area contributed by atoms with E-state index in [0.29, 0.717) is 22.3 Å². The maximum atomic E-state index is 15.3. The molecule has 1 aliphatic carbocycles. The molecule has 1 fully saturated rings. The van der Waals surface area contributed by atoms with Crippen LogP contribution < -0.4 is 10.2 Å². The van der Waals surface area contributed by atoms with Crippen molar-refractivity contribution in [1.29, 1.82) is 0 Å². The van der Waals surface area contributed by atoms with Gasteiger partial charge >= 0.3 is 5.97 Å². The van der Waals surface area contributed by atoms with Crippen molar-refractivity contribution in [2.24, 2.45) is 0 Å². The van der Waals surface area contributed by atoms with E-state index in [1.165, 1.54) is 21.7 Å². The van der Waals surface area contributed by atoms with Crippen LogP contribution in [-0.2, 0) is 22.4 Å². The molecular formula is C31H31F2N3O9. The van der Waals surface area contributed by atoms with Gasteiger partial charge < -0.3 is 34.8 Å². The van der Waals surface area contributed by atoms with Crippen LogP contribution in [0.15, 0.2) is 47.4 Å². The van der Waals surface area contributed by atoms with Gasteiger partial charge in [-0.25, -0.2) is 13.6 Å². The molecule has 2 aliphatic heterocycles. The monoisotopic (exact) mass is 627 g/mol. The Balaban J connectivity index is 1.54. The molecule has 1 saturated heterocycles. The van der Waals surface area contributed by atoms with Crippen molar-refractivity contribution in [2.45, 2.75) is 75.4 Å². The number of aliphatic hydroxyl groups excluding tert-OH is 3. The fraction of sp³-hybridized carbons (Fsp3) is 0.419. The number of rotatable bonds is 5. The molecule has 4 N–H and O–H groups in total. The van der Waals surface area contributed by atoms with Gasteiger partial charge in [-0.15, -0.1) is 0 Å². The molecule has 12 nitrogen and oxygen atoms in total. The van der Waals surface area contributed by atoms with Gasteiger partial charge in [-0.05, 0) is 61.1 Å². The normalized spacial score (nSPS) is 26.6. The van der Waals surface area contributed by atoms with Crippen LogP contribution in [0.4, 0.5) is 8.78 Å². The van der Waals surface area contributed by atoms with Crippen LogP contribution in [0.5, 0.6) is 5.75 Å². The summed E-state index contributed by atoms with van der Waals surface area (Å²) in [7, 11) is 0. The fourth-order valence-electron chi connectivity index (χ4n) is 6.56. The van der Waals surface area contributed by atoms with Crippen LogP contribution in [0, 0.1) is 11.6 Å². The number of halogens is 2. The highest BCUT2D eigenvalue weighted by molar-refractivity contribution is 5.96. The lowest BCUT2D eigenvalue weighted by Gasteiger charge is -2.42. The average Bonchev–Trinajstić information content (AvgIpc) is 3.17. The minimum atomic E-state index is -2.02. The first-order valence-electron chi connectivity index (χ1n) is 14.5. The van der Waals surface area contributed by atoms with Gasteiger partial charge in [0.25, 0.3) is 5.91 Å². The smallest absolute Gasteiger partial charge is 0.335 e. The lowest BCUT2D eigenvalue weighted by atomic mass is 9.81. The average molecular weight is 628 g/mol. The highest BCUT2D eigenvalue weighted by atomic mass is 19.1. The Morgan fingerprint density at radius 1 is 0.978 bits per heavy atom. The Labute approximate surface area is 255 Å². The molecule has 0 spiro atoms. The molecule has 3 aromatic rings. The summed E-state index contributed by atoms with van der Waals surface area (Å²) in [4.78, 5) is 40.3. The first kappa shape index (κ1) is 30.8. The van der Waals surface area contributed by atoms with Gasteiger partial charge in [0, 0.05) is 18.5 Å². The molecule has 2 aromatic carbocycles. The van der Waals surface area contributed by atoms with Crippen LogP contribution in [0.1, 0.15) is 58.5 Å². The number of carboxylic acids is 1. The zero-order valence-electron chi connectivity index (χ0n) is 24.2. The van der Waals surface area contributed by atoms with Crippen LogP contribution in [0.25, 0.3) is 0 Å². The van der Waals surface area contributed by atoms with Crippen molar-refractivity contribution in [3.8, 4) is 5.75 Å². The number of carbonyl (C=O) groups is 2. The third-order valence-electron chi connectivity index (χ3n) is 8.79. The Hall–Kier alpha value is -4.24. The molecular weight excluding hydrogens is 596 g/mol. The second-order valence-electron chi connectivity index (χ2n) is 11.7.